The maximum Gasteiger partial charge on any atom is 0.419 e. The zero-order valence-electron chi connectivity index (χ0n) is 9.99. The minimum atomic E-state index is -4.56. The van der Waals surface area contributed by atoms with Crippen molar-refractivity contribution in [3.05, 3.63) is 46.7 Å². The molecule has 1 heterocycles. The van der Waals surface area contributed by atoms with Gasteiger partial charge in [0, 0.05) is 6.54 Å². The molecule has 0 aliphatic rings. The quantitative estimate of drug-likeness (QED) is 0.944. The number of benzene rings is 1. The Hall–Kier alpha value is -1.86. The third-order valence-electron chi connectivity index (χ3n) is 2.38. The normalized spacial score (nSPS) is 11.4. The largest absolute Gasteiger partial charge is 0.424 e. The van der Waals surface area contributed by atoms with E-state index >= 15 is 0 Å². The van der Waals surface area contributed by atoms with Crippen LogP contribution in [-0.4, -0.2) is 9.97 Å². The molecule has 0 amide bonds. The fourth-order valence-corrected chi connectivity index (χ4v) is 1.56. The second kappa shape index (κ2) is 5.64. The minimum absolute atomic E-state index is 0.000799. The topological polar surface area (TPSA) is 61.0 Å². The van der Waals surface area contributed by atoms with Crippen LogP contribution in [0, 0.1) is 0 Å². The highest BCUT2D eigenvalue weighted by Crippen LogP contribution is 2.38. The average molecular weight is 304 g/mol. The molecule has 1 aromatic heterocycles. The van der Waals surface area contributed by atoms with Gasteiger partial charge in [0.15, 0.2) is 0 Å². The SMILES string of the molecule is NCc1ccc(Oc2ncc(Cl)cn2)c(C(F)(F)F)c1. The molecule has 0 unspecified atom stereocenters. The van der Waals surface area contributed by atoms with E-state index in [0.29, 0.717) is 5.56 Å². The molecule has 106 valence electrons. The van der Waals surface area contributed by atoms with E-state index in [1.54, 1.807) is 0 Å². The fourth-order valence-electron chi connectivity index (χ4n) is 1.47. The Bertz CT molecular complexity index is 602. The van der Waals surface area contributed by atoms with Gasteiger partial charge in [0.2, 0.25) is 0 Å². The molecule has 0 fully saturated rings. The summed E-state index contributed by atoms with van der Waals surface area (Å²) >= 11 is 5.58. The number of alkyl halides is 3. The van der Waals surface area contributed by atoms with Crippen molar-refractivity contribution < 1.29 is 17.9 Å². The summed E-state index contributed by atoms with van der Waals surface area (Å²) in [6.07, 6.45) is -2.11. The monoisotopic (exact) mass is 303 g/mol. The Morgan fingerprint density at radius 1 is 1.20 bits per heavy atom. The molecule has 0 radical (unpaired) electrons. The van der Waals surface area contributed by atoms with E-state index in [2.05, 4.69) is 9.97 Å². The van der Waals surface area contributed by atoms with Gasteiger partial charge in [-0.2, -0.15) is 13.2 Å². The molecule has 0 saturated heterocycles. The van der Waals surface area contributed by atoms with Gasteiger partial charge in [-0.3, -0.25) is 0 Å². The van der Waals surface area contributed by atoms with Crippen LogP contribution in [0.25, 0.3) is 0 Å². The summed E-state index contributed by atoms with van der Waals surface area (Å²) in [4.78, 5) is 7.36. The van der Waals surface area contributed by atoms with Crippen LogP contribution in [0.3, 0.4) is 0 Å². The van der Waals surface area contributed by atoms with Crippen LogP contribution in [0.4, 0.5) is 13.2 Å². The van der Waals surface area contributed by atoms with Crippen LogP contribution in [0.1, 0.15) is 11.1 Å². The molecule has 4 nitrogen and oxygen atoms in total. The first-order valence-electron chi connectivity index (χ1n) is 5.45. The van der Waals surface area contributed by atoms with Gasteiger partial charge in [0.25, 0.3) is 0 Å². The fraction of sp³-hybridized carbons (Fsp3) is 0.167. The second-order valence-corrected chi connectivity index (χ2v) is 4.25. The van der Waals surface area contributed by atoms with Gasteiger partial charge < -0.3 is 10.5 Å². The van der Waals surface area contributed by atoms with Gasteiger partial charge in [0.05, 0.1) is 23.0 Å². The summed E-state index contributed by atoms with van der Waals surface area (Å²) in [6.45, 7) is 0.000799. The highest BCUT2D eigenvalue weighted by Gasteiger charge is 2.35. The van der Waals surface area contributed by atoms with E-state index in [-0.39, 0.29) is 17.6 Å². The van der Waals surface area contributed by atoms with E-state index in [1.165, 1.54) is 24.5 Å². The van der Waals surface area contributed by atoms with Crippen LogP contribution in [-0.2, 0) is 12.7 Å². The number of rotatable bonds is 3. The molecule has 20 heavy (non-hydrogen) atoms. The highest BCUT2D eigenvalue weighted by molar-refractivity contribution is 6.30. The maximum atomic E-state index is 12.9. The van der Waals surface area contributed by atoms with E-state index in [0.717, 1.165) is 6.07 Å². The summed E-state index contributed by atoms with van der Waals surface area (Å²) in [5, 5.41) is 0.256. The average Bonchev–Trinajstić information content (AvgIpc) is 2.40. The van der Waals surface area contributed by atoms with E-state index in [1.807, 2.05) is 0 Å². The standard InChI is InChI=1S/C12H9ClF3N3O/c13-8-5-18-11(19-6-8)20-10-2-1-7(4-17)3-9(10)12(14,15)16/h1-3,5-6H,4,17H2. The van der Waals surface area contributed by atoms with Crippen molar-refractivity contribution >= 4 is 11.6 Å². The molecule has 0 bridgehead atoms. The van der Waals surface area contributed by atoms with Crippen LogP contribution in [0.5, 0.6) is 11.8 Å². The lowest BCUT2D eigenvalue weighted by molar-refractivity contribution is -0.138. The Morgan fingerprint density at radius 3 is 2.40 bits per heavy atom. The number of nitrogens with zero attached hydrogens (tertiary/aromatic N) is 2. The molecule has 0 atom stereocenters. The van der Waals surface area contributed by atoms with Crippen molar-refractivity contribution in [3.8, 4) is 11.8 Å². The lowest BCUT2D eigenvalue weighted by atomic mass is 10.1. The minimum Gasteiger partial charge on any atom is -0.424 e. The first-order chi connectivity index (χ1) is 9.40. The van der Waals surface area contributed by atoms with Crippen LogP contribution in [0.2, 0.25) is 5.02 Å². The Balaban J connectivity index is 2.38. The first-order valence-corrected chi connectivity index (χ1v) is 5.83. The molecule has 0 spiro atoms. The third kappa shape index (κ3) is 3.37. The predicted octanol–water partition coefficient (Wildman–Crippen LogP) is 3.40. The van der Waals surface area contributed by atoms with Crippen LogP contribution < -0.4 is 10.5 Å². The van der Waals surface area contributed by atoms with Gasteiger partial charge in [-0.1, -0.05) is 17.7 Å². The molecule has 2 rings (SSSR count). The van der Waals surface area contributed by atoms with Crippen LogP contribution in [0.15, 0.2) is 30.6 Å². The number of aromatic nitrogens is 2. The molecule has 0 aliphatic carbocycles. The van der Waals surface area contributed by atoms with E-state index < -0.39 is 17.5 Å². The van der Waals surface area contributed by atoms with Crippen molar-refractivity contribution in [3.63, 3.8) is 0 Å². The van der Waals surface area contributed by atoms with Crippen LogP contribution >= 0.6 is 11.6 Å². The number of nitrogens with two attached hydrogens (primary N) is 1. The van der Waals surface area contributed by atoms with Gasteiger partial charge in [-0.25, -0.2) is 9.97 Å². The molecule has 8 heteroatoms. The molecule has 0 aliphatic heterocycles. The second-order valence-electron chi connectivity index (χ2n) is 3.82. The first kappa shape index (κ1) is 14.5. The molecule has 1 aromatic carbocycles. The Labute approximate surface area is 117 Å². The van der Waals surface area contributed by atoms with Crippen molar-refractivity contribution in [1.29, 1.82) is 0 Å². The van der Waals surface area contributed by atoms with Crippen molar-refractivity contribution in [2.75, 3.05) is 0 Å². The summed E-state index contributed by atoms with van der Waals surface area (Å²) in [5.74, 6) is -0.392. The van der Waals surface area contributed by atoms with Crippen molar-refractivity contribution in [2.24, 2.45) is 5.73 Å². The molecule has 2 N–H and O–H groups in total. The zero-order valence-corrected chi connectivity index (χ0v) is 10.7. The molecular formula is C12H9ClF3N3O. The Kier molecular flexibility index (Phi) is 4.10. The smallest absolute Gasteiger partial charge is 0.419 e. The maximum absolute atomic E-state index is 12.9. The van der Waals surface area contributed by atoms with Crippen molar-refractivity contribution in [1.82, 2.24) is 9.97 Å². The van der Waals surface area contributed by atoms with Crippen molar-refractivity contribution in [2.45, 2.75) is 12.7 Å². The van der Waals surface area contributed by atoms with Gasteiger partial charge in [-0.05, 0) is 17.7 Å². The summed E-state index contributed by atoms with van der Waals surface area (Å²) in [5.41, 5.74) is 4.75. The molecular weight excluding hydrogens is 295 g/mol. The zero-order chi connectivity index (χ0) is 14.8. The van der Waals surface area contributed by atoms with Gasteiger partial charge >= 0.3 is 12.2 Å². The van der Waals surface area contributed by atoms with E-state index in [9.17, 15) is 13.2 Å². The van der Waals surface area contributed by atoms with E-state index in [4.69, 9.17) is 22.1 Å². The Morgan fingerprint density at radius 2 is 1.85 bits per heavy atom. The third-order valence-corrected chi connectivity index (χ3v) is 2.58. The lowest BCUT2D eigenvalue weighted by Gasteiger charge is -2.13. The summed E-state index contributed by atoms with van der Waals surface area (Å²) in [6, 6.07) is 3.34. The van der Waals surface area contributed by atoms with Gasteiger partial charge in [0.1, 0.15) is 5.75 Å². The number of hydrogen-bond donors (Lipinski definition) is 1. The number of ether oxygens (including phenoxy) is 1. The summed E-state index contributed by atoms with van der Waals surface area (Å²) < 4.78 is 43.9. The highest BCUT2D eigenvalue weighted by atomic mass is 35.5. The molecule has 0 saturated carbocycles. The molecule has 2 aromatic rings. The van der Waals surface area contributed by atoms with Gasteiger partial charge in [-0.15, -0.1) is 0 Å². The predicted molar refractivity (Wildman–Crippen MR) is 66.5 cm³/mol. The lowest BCUT2D eigenvalue weighted by Crippen LogP contribution is -2.09. The summed E-state index contributed by atoms with van der Waals surface area (Å²) in [7, 11) is 0. The number of hydrogen-bond acceptors (Lipinski definition) is 4. The number of halogens is 4.